The number of halogens is 1. The summed E-state index contributed by atoms with van der Waals surface area (Å²) < 4.78 is 0. The van der Waals surface area contributed by atoms with Crippen LogP contribution in [0.5, 0.6) is 0 Å². The van der Waals surface area contributed by atoms with Crippen molar-refractivity contribution < 1.29 is 4.79 Å². The lowest BCUT2D eigenvalue weighted by atomic mass is 10.2. The molecular weight excluding hydrogens is 429 g/mol. The molecule has 1 atom stereocenters. The highest BCUT2D eigenvalue weighted by Gasteiger charge is 2.08. The third-order valence-electron chi connectivity index (χ3n) is 3.82. The van der Waals surface area contributed by atoms with Crippen LogP contribution in [0.1, 0.15) is 40.5 Å². The Bertz CT molecular complexity index is 408. The van der Waals surface area contributed by atoms with E-state index in [1.807, 2.05) is 6.92 Å². The first-order valence-corrected chi connectivity index (χ1v) is 8.91. The molecule has 0 radical (unpaired) electrons. The minimum atomic E-state index is -0.0133. The summed E-state index contributed by atoms with van der Waals surface area (Å²) in [7, 11) is 3.48. The van der Waals surface area contributed by atoms with Crippen LogP contribution in [0.4, 0.5) is 0 Å². The molecule has 0 aromatic carbocycles. The fraction of sp³-hybridized carbons (Fsp3) is 0.778. The van der Waals surface area contributed by atoms with Gasteiger partial charge in [0.1, 0.15) is 6.54 Å². The molecule has 25 heavy (non-hydrogen) atoms. The number of carbonyl (C=O) groups excluding carboxylic acids is 1. The Morgan fingerprint density at radius 3 is 2.32 bits per heavy atom. The maximum absolute atomic E-state index is 11.7. The van der Waals surface area contributed by atoms with E-state index in [9.17, 15) is 4.79 Å². The van der Waals surface area contributed by atoms with E-state index in [4.69, 9.17) is 0 Å². The number of rotatable bonds is 11. The van der Waals surface area contributed by atoms with Gasteiger partial charge in [0.2, 0.25) is 5.91 Å². The number of hydrogen-bond donors (Lipinski definition) is 2. The van der Waals surface area contributed by atoms with Gasteiger partial charge in [-0.2, -0.15) is 0 Å². The second-order valence-electron chi connectivity index (χ2n) is 6.48. The SMILES string of the molecule is C=C(C)CNC(=NCC(=O)N(C)C)NC(C)CCCN(CC)CC.I. The van der Waals surface area contributed by atoms with Crippen molar-refractivity contribution in [3.05, 3.63) is 12.2 Å². The molecule has 0 aromatic rings. The molecule has 0 rings (SSSR count). The zero-order chi connectivity index (χ0) is 18.5. The number of hydrogen-bond acceptors (Lipinski definition) is 3. The largest absolute Gasteiger partial charge is 0.354 e. The van der Waals surface area contributed by atoms with Gasteiger partial charge < -0.3 is 20.4 Å². The summed E-state index contributed by atoms with van der Waals surface area (Å²) in [6, 6.07) is 0.298. The Balaban J connectivity index is 0. The predicted molar refractivity (Wildman–Crippen MR) is 119 cm³/mol. The molecule has 0 saturated carbocycles. The van der Waals surface area contributed by atoms with E-state index in [1.54, 1.807) is 19.0 Å². The van der Waals surface area contributed by atoms with Gasteiger partial charge in [-0.25, -0.2) is 4.99 Å². The topological polar surface area (TPSA) is 60.0 Å². The molecule has 0 aromatic heterocycles. The number of amides is 1. The summed E-state index contributed by atoms with van der Waals surface area (Å²) in [6.07, 6.45) is 2.20. The van der Waals surface area contributed by atoms with E-state index in [2.05, 4.69) is 47.9 Å². The molecule has 0 heterocycles. The molecule has 0 aliphatic heterocycles. The van der Waals surface area contributed by atoms with Crippen molar-refractivity contribution in [3.8, 4) is 0 Å². The molecule has 0 aliphatic carbocycles. The van der Waals surface area contributed by atoms with Gasteiger partial charge in [0.05, 0.1) is 0 Å². The monoisotopic (exact) mass is 467 g/mol. The molecule has 1 unspecified atom stereocenters. The van der Waals surface area contributed by atoms with Crippen LogP contribution in [0.2, 0.25) is 0 Å². The van der Waals surface area contributed by atoms with Crippen LogP contribution in [0, 0.1) is 0 Å². The van der Waals surface area contributed by atoms with E-state index in [0.29, 0.717) is 18.5 Å². The second kappa shape index (κ2) is 15.4. The number of nitrogens with one attached hydrogen (secondary N) is 2. The Morgan fingerprint density at radius 2 is 1.84 bits per heavy atom. The Kier molecular flexibility index (Phi) is 16.3. The predicted octanol–water partition coefficient (Wildman–Crippen LogP) is 2.31. The van der Waals surface area contributed by atoms with Crippen LogP contribution in [0.15, 0.2) is 17.1 Å². The van der Waals surface area contributed by atoms with Gasteiger partial charge >= 0.3 is 0 Å². The summed E-state index contributed by atoms with van der Waals surface area (Å²) in [4.78, 5) is 20.1. The van der Waals surface area contributed by atoms with Gasteiger partial charge in [0.15, 0.2) is 5.96 Å². The number of aliphatic imine (C=N–C) groups is 1. The first-order valence-electron chi connectivity index (χ1n) is 8.91. The van der Waals surface area contributed by atoms with Crippen LogP contribution in [-0.4, -0.2) is 74.5 Å². The number of guanidine groups is 1. The molecule has 0 bridgehead atoms. The zero-order valence-corrected chi connectivity index (χ0v) is 19.2. The fourth-order valence-electron chi connectivity index (χ4n) is 2.14. The van der Waals surface area contributed by atoms with Crippen LogP contribution >= 0.6 is 24.0 Å². The van der Waals surface area contributed by atoms with E-state index in [0.717, 1.165) is 38.0 Å². The highest BCUT2D eigenvalue weighted by atomic mass is 127. The highest BCUT2D eigenvalue weighted by Crippen LogP contribution is 2.00. The minimum absolute atomic E-state index is 0. The van der Waals surface area contributed by atoms with E-state index in [1.165, 1.54) is 0 Å². The van der Waals surface area contributed by atoms with Crippen molar-refractivity contribution in [1.29, 1.82) is 0 Å². The van der Waals surface area contributed by atoms with Crippen molar-refractivity contribution in [3.63, 3.8) is 0 Å². The molecule has 7 heteroatoms. The first-order chi connectivity index (χ1) is 11.3. The quantitative estimate of drug-likeness (QED) is 0.212. The summed E-state index contributed by atoms with van der Waals surface area (Å²) in [5.41, 5.74) is 1.03. The number of nitrogens with zero attached hydrogens (tertiary/aromatic N) is 3. The third-order valence-corrected chi connectivity index (χ3v) is 3.82. The van der Waals surface area contributed by atoms with Crippen molar-refractivity contribution in [2.75, 3.05) is 46.8 Å². The van der Waals surface area contributed by atoms with E-state index >= 15 is 0 Å². The Hall–Kier alpha value is -0.830. The first kappa shape index (κ1) is 26.4. The third kappa shape index (κ3) is 14.1. The lowest BCUT2D eigenvalue weighted by molar-refractivity contribution is -0.127. The van der Waals surface area contributed by atoms with Crippen LogP contribution < -0.4 is 10.6 Å². The van der Waals surface area contributed by atoms with Crippen molar-refractivity contribution >= 4 is 35.8 Å². The van der Waals surface area contributed by atoms with Crippen LogP contribution in [0.25, 0.3) is 0 Å². The molecule has 6 nitrogen and oxygen atoms in total. The molecule has 2 N–H and O–H groups in total. The molecular formula is C18H38IN5O. The average molecular weight is 467 g/mol. The molecule has 0 aliphatic rings. The van der Waals surface area contributed by atoms with Crippen LogP contribution in [-0.2, 0) is 4.79 Å². The highest BCUT2D eigenvalue weighted by molar-refractivity contribution is 14.0. The van der Waals surface area contributed by atoms with Crippen LogP contribution in [0.3, 0.4) is 0 Å². The smallest absolute Gasteiger partial charge is 0.243 e. The van der Waals surface area contributed by atoms with Gasteiger partial charge in [0, 0.05) is 26.7 Å². The molecule has 148 valence electrons. The second-order valence-corrected chi connectivity index (χ2v) is 6.48. The average Bonchev–Trinajstić information content (AvgIpc) is 2.53. The van der Waals surface area contributed by atoms with Crippen molar-refractivity contribution in [2.45, 2.75) is 46.6 Å². The summed E-state index contributed by atoms with van der Waals surface area (Å²) in [5, 5.41) is 6.61. The molecule has 0 saturated heterocycles. The molecule has 0 spiro atoms. The zero-order valence-electron chi connectivity index (χ0n) is 16.9. The van der Waals surface area contributed by atoms with Gasteiger partial charge in [0.25, 0.3) is 0 Å². The summed E-state index contributed by atoms with van der Waals surface area (Å²) in [6.45, 7) is 16.5. The molecule has 0 fully saturated rings. The van der Waals surface area contributed by atoms with Gasteiger partial charge in [-0.15, -0.1) is 24.0 Å². The van der Waals surface area contributed by atoms with Gasteiger partial charge in [-0.1, -0.05) is 26.0 Å². The van der Waals surface area contributed by atoms with Gasteiger partial charge in [-0.05, 0) is 46.3 Å². The maximum atomic E-state index is 11.7. The summed E-state index contributed by atoms with van der Waals surface area (Å²) in [5.74, 6) is 0.657. The Morgan fingerprint density at radius 1 is 1.24 bits per heavy atom. The lowest BCUT2D eigenvalue weighted by Gasteiger charge is -2.21. The Labute approximate surface area is 171 Å². The van der Waals surface area contributed by atoms with Crippen molar-refractivity contribution in [1.82, 2.24) is 20.4 Å². The minimum Gasteiger partial charge on any atom is -0.354 e. The summed E-state index contributed by atoms with van der Waals surface area (Å²) >= 11 is 0. The van der Waals surface area contributed by atoms with Gasteiger partial charge in [-0.3, -0.25) is 4.79 Å². The lowest BCUT2D eigenvalue weighted by Crippen LogP contribution is -2.43. The normalized spacial score (nSPS) is 12.4. The maximum Gasteiger partial charge on any atom is 0.243 e. The fourth-order valence-corrected chi connectivity index (χ4v) is 2.14. The van der Waals surface area contributed by atoms with Crippen molar-refractivity contribution in [2.24, 2.45) is 4.99 Å². The van der Waals surface area contributed by atoms with E-state index < -0.39 is 0 Å². The number of likely N-dealkylation sites (N-methyl/N-ethyl adjacent to an activating group) is 1. The number of carbonyl (C=O) groups is 1. The molecule has 1 amide bonds. The van der Waals surface area contributed by atoms with E-state index in [-0.39, 0.29) is 36.4 Å². The standard InChI is InChI=1S/C18H37N5O.HI/c1-8-23(9-2)12-10-11-16(5)21-18(19-13-15(3)4)20-14-17(24)22(6)7;/h16H,3,8-14H2,1-2,4-7H3,(H2,19,20,21);1H.